The highest BCUT2D eigenvalue weighted by Gasteiger charge is 2.23. The Labute approximate surface area is 108 Å². The second-order valence-electron chi connectivity index (χ2n) is 4.62. The fourth-order valence-electron chi connectivity index (χ4n) is 2.42. The van der Waals surface area contributed by atoms with E-state index in [4.69, 9.17) is 15.2 Å². The van der Waals surface area contributed by atoms with Crippen LogP contribution in [0, 0.1) is 5.92 Å². The van der Waals surface area contributed by atoms with Crippen molar-refractivity contribution in [3.63, 3.8) is 0 Å². The molecule has 0 aromatic carbocycles. The molecule has 2 heterocycles. The maximum Gasteiger partial charge on any atom is 0.183 e. The van der Waals surface area contributed by atoms with Gasteiger partial charge >= 0.3 is 0 Å². The molecule has 0 aliphatic carbocycles. The van der Waals surface area contributed by atoms with Gasteiger partial charge in [-0.05, 0) is 25.4 Å². The molecule has 5 heteroatoms. The molecular weight excluding hydrogens is 230 g/mol. The van der Waals surface area contributed by atoms with Gasteiger partial charge in [0.05, 0.1) is 14.2 Å². The van der Waals surface area contributed by atoms with E-state index in [1.165, 1.54) is 6.42 Å². The minimum atomic E-state index is 0.613. The van der Waals surface area contributed by atoms with Crippen LogP contribution in [0.15, 0.2) is 12.3 Å². The molecule has 5 nitrogen and oxygen atoms in total. The molecule has 1 atom stereocenters. The SMILES string of the molecule is COc1ccnc(CN2CC[C@@H](CN)C2)c1OC. The third-order valence-electron chi connectivity index (χ3n) is 3.44. The Hall–Kier alpha value is -1.33. The molecular formula is C13H21N3O2. The largest absolute Gasteiger partial charge is 0.493 e. The van der Waals surface area contributed by atoms with Gasteiger partial charge < -0.3 is 15.2 Å². The van der Waals surface area contributed by atoms with Crippen molar-refractivity contribution in [1.82, 2.24) is 9.88 Å². The van der Waals surface area contributed by atoms with Crippen LogP contribution in [0.1, 0.15) is 12.1 Å². The first kappa shape index (κ1) is 13.1. The Bertz CT molecular complexity index is 398. The zero-order valence-electron chi connectivity index (χ0n) is 11.1. The molecule has 0 unspecified atom stereocenters. The Kier molecular flexibility index (Phi) is 4.38. The summed E-state index contributed by atoms with van der Waals surface area (Å²) in [5.74, 6) is 2.08. The van der Waals surface area contributed by atoms with Gasteiger partial charge in [-0.15, -0.1) is 0 Å². The Morgan fingerprint density at radius 3 is 2.89 bits per heavy atom. The summed E-state index contributed by atoms with van der Waals surface area (Å²) in [5, 5.41) is 0. The zero-order chi connectivity index (χ0) is 13.0. The maximum atomic E-state index is 5.70. The van der Waals surface area contributed by atoms with Crippen LogP contribution in [0.3, 0.4) is 0 Å². The molecule has 1 aromatic rings. The lowest BCUT2D eigenvalue weighted by atomic mass is 10.1. The normalized spacial score (nSPS) is 20.1. The molecule has 0 radical (unpaired) electrons. The summed E-state index contributed by atoms with van der Waals surface area (Å²) in [7, 11) is 3.29. The van der Waals surface area contributed by atoms with Crippen LogP contribution in [0.5, 0.6) is 11.5 Å². The van der Waals surface area contributed by atoms with Gasteiger partial charge in [-0.1, -0.05) is 0 Å². The van der Waals surface area contributed by atoms with Crippen molar-refractivity contribution in [3.05, 3.63) is 18.0 Å². The number of aromatic nitrogens is 1. The molecule has 0 spiro atoms. The van der Waals surface area contributed by atoms with Crippen LogP contribution in [0.4, 0.5) is 0 Å². The fraction of sp³-hybridized carbons (Fsp3) is 0.615. The van der Waals surface area contributed by atoms with E-state index in [2.05, 4.69) is 9.88 Å². The second-order valence-corrected chi connectivity index (χ2v) is 4.62. The van der Waals surface area contributed by atoms with E-state index in [1.54, 1.807) is 20.4 Å². The van der Waals surface area contributed by atoms with Gasteiger partial charge in [0.2, 0.25) is 0 Å². The van der Waals surface area contributed by atoms with Crippen LogP contribution in [-0.2, 0) is 6.54 Å². The summed E-state index contributed by atoms with van der Waals surface area (Å²) in [6, 6.07) is 1.81. The van der Waals surface area contributed by atoms with Crippen LogP contribution < -0.4 is 15.2 Å². The molecule has 0 bridgehead atoms. The first-order chi connectivity index (χ1) is 8.78. The van der Waals surface area contributed by atoms with E-state index in [1.807, 2.05) is 6.07 Å². The number of likely N-dealkylation sites (tertiary alicyclic amines) is 1. The summed E-state index contributed by atoms with van der Waals surface area (Å²) in [5.41, 5.74) is 6.63. The molecule has 1 saturated heterocycles. The molecule has 18 heavy (non-hydrogen) atoms. The molecule has 100 valence electrons. The third kappa shape index (κ3) is 2.73. The molecule has 1 aliphatic rings. The van der Waals surface area contributed by atoms with Gasteiger partial charge in [0.1, 0.15) is 5.69 Å². The molecule has 0 saturated carbocycles. The predicted octanol–water partition coefficient (Wildman–Crippen LogP) is 0.879. The molecule has 0 amide bonds. The smallest absolute Gasteiger partial charge is 0.183 e. The number of hydrogen-bond donors (Lipinski definition) is 1. The summed E-state index contributed by atoms with van der Waals surface area (Å²) >= 11 is 0. The molecule has 2 N–H and O–H groups in total. The summed E-state index contributed by atoms with van der Waals surface area (Å²) in [6.07, 6.45) is 2.93. The number of rotatable bonds is 5. The van der Waals surface area contributed by atoms with Gasteiger partial charge in [0, 0.05) is 25.4 Å². The Morgan fingerprint density at radius 2 is 2.28 bits per heavy atom. The number of pyridine rings is 1. The van der Waals surface area contributed by atoms with Crippen molar-refractivity contribution in [3.8, 4) is 11.5 Å². The quantitative estimate of drug-likeness (QED) is 0.841. The fourth-order valence-corrected chi connectivity index (χ4v) is 2.42. The zero-order valence-corrected chi connectivity index (χ0v) is 11.1. The van der Waals surface area contributed by atoms with E-state index < -0.39 is 0 Å². The van der Waals surface area contributed by atoms with Crippen molar-refractivity contribution in [2.75, 3.05) is 33.9 Å². The van der Waals surface area contributed by atoms with Gasteiger partial charge in [0.25, 0.3) is 0 Å². The lowest BCUT2D eigenvalue weighted by molar-refractivity contribution is 0.297. The standard InChI is InChI=1S/C13H21N3O2/c1-17-12-3-5-15-11(13(12)18-2)9-16-6-4-10(7-14)8-16/h3,5,10H,4,6-9,14H2,1-2H3/t10-/m0/s1. The van der Waals surface area contributed by atoms with Crippen LogP contribution in [0.25, 0.3) is 0 Å². The highest BCUT2D eigenvalue weighted by Crippen LogP contribution is 2.30. The lowest BCUT2D eigenvalue weighted by Crippen LogP contribution is -2.23. The van der Waals surface area contributed by atoms with Crippen molar-refractivity contribution >= 4 is 0 Å². The first-order valence-electron chi connectivity index (χ1n) is 6.26. The van der Waals surface area contributed by atoms with Crippen LogP contribution >= 0.6 is 0 Å². The highest BCUT2D eigenvalue weighted by molar-refractivity contribution is 5.42. The summed E-state index contributed by atoms with van der Waals surface area (Å²) in [6.45, 7) is 3.67. The van der Waals surface area contributed by atoms with Gasteiger partial charge in [0.15, 0.2) is 11.5 Å². The third-order valence-corrected chi connectivity index (χ3v) is 3.44. The van der Waals surface area contributed by atoms with Gasteiger partial charge in [-0.3, -0.25) is 9.88 Å². The van der Waals surface area contributed by atoms with E-state index in [-0.39, 0.29) is 0 Å². The number of nitrogens with zero attached hydrogens (tertiary/aromatic N) is 2. The minimum absolute atomic E-state index is 0.613. The van der Waals surface area contributed by atoms with Gasteiger partial charge in [-0.25, -0.2) is 0 Å². The summed E-state index contributed by atoms with van der Waals surface area (Å²) < 4.78 is 10.7. The molecule has 2 rings (SSSR count). The molecule has 1 fully saturated rings. The van der Waals surface area contributed by atoms with E-state index in [0.29, 0.717) is 5.92 Å². The van der Waals surface area contributed by atoms with Crippen molar-refractivity contribution < 1.29 is 9.47 Å². The second kappa shape index (κ2) is 6.02. The monoisotopic (exact) mass is 251 g/mol. The number of nitrogens with two attached hydrogens (primary N) is 1. The number of ether oxygens (including phenoxy) is 2. The highest BCUT2D eigenvalue weighted by atomic mass is 16.5. The van der Waals surface area contributed by atoms with Crippen molar-refractivity contribution in [2.24, 2.45) is 11.7 Å². The minimum Gasteiger partial charge on any atom is -0.493 e. The lowest BCUT2D eigenvalue weighted by Gasteiger charge is -2.18. The topological polar surface area (TPSA) is 60.6 Å². The Balaban J connectivity index is 2.09. The first-order valence-corrected chi connectivity index (χ1v) is 6.26. The average Bonchev–Trinajstić information content (AvgIpc) is 2.86. The maximum absolute atomic E-state index is 5.70. The van der Waals surface area contributed by atoms with Crippen molar-refractivity contribution in [2.45, 2.75) is 13.0 Å². The van der Waals surface area contributed by atoms with E-state index in [0.717, 1.165) is 43.4 Å². The van der Waals surface area contributed by atoms with E-state index >= 15 is 0 Å². The Morgan fingerprint density at radius 1 is 1.44 bits per heavy atom. The summed E-state index contributed by atoms with van der Waals surface area (Å²) in [4.78, 5) is 6.76. The predicted molar refractivity (Wildman–Crippen MR) is 69.8 cm³/mol. The van der Waals surface area contributed by atoms with Crippen LogP contribution in [-0.4, -0.2) is 43.7 Å². The number of methoxy groups -OCH3 is 2. The molecule has 1 aromatic heterocycles. The van der Waals surface area contributed by atoms with Crippen LogP contribution in [0.2, 0.25) is 0 Å². The molecule has 1 aliphatic heterocycles. The average molecular weight is 251 g/mol. The van der Waals surface area contributed by atoms with E-state index in [9.17, 15) is 0 Å². The van der Waals surface area contributed by atoms with Crippen molar-refractivity contribution in [1.29, 1.82) is 0 Å². The number of hydrogen-bond acceptors (Lipinski definition) is 5. The van der Waals surface area contributed by atoms with Gasteiger partial charge in [-0.2, -0.15) is 0 Å².